The summed E-state index contributed by atoms with van der Waals surface area (Å²) in [7, 11) is 0. The highest BCUT2D eigenvalue weighted by Gasteiger charge is 2.30. The maximum Gasteiger partial charge on any atom is 0.267 e. The zero-order valence-corrected chi connectivity index (χ0v) is 11.0. The van der Waals surface area contributed by atoms with E-state index in [1.54, 1.807) is 22.7 Å². The largest absolute Gasteiger partial charge is 0.364 e. The second-order valence-electron chi connectivity index (χ2n) is 4.81. The fraction of sp³-hybridized carbons (Fsp3) is 0.462. The average Bonchev–Trinajstić information content (AvgIpc) is 2.87. The van der Waals surface area contributed by atoms with Gasteiger partial charge in [-0.15, -0.1) is 0 Å². The Labute approximate surface area is 111 Å². The first-order valence-electron chi connectivity index (χ1n) is 6.30. The molecule has 1 atom stereocenters. The van der Waals surface area contributed by atoms with Crippen molar-refractivity contribution < 1.29 is 9.59 Å². The molecule has 2 amide bonds. The van der Waals surface area contributed by atoms with Gasteiger partial charge in [-0.2, -0.15) is 0 Å². The third-order valence-electron chi connectivity index (χ3n) is 3.34. The zero-order chi connectivity index (χ0) is 14.0. The molecule has 1 unspecified atom stereocenters. The first-order chi connectivity index (χ1) is 9.02. The second-order valence-corrected chi connectivity index (χ2v) is 4.81. The normalized spacial score (nSPS) is 19.2. The molecule has 19 heavy (non-hydrogen) atoms. The van der Waals surface area contributed by atoms with Crippen LogP contribution in [0.25, 0.3) is 0 Å². The molecule has 1 aromatic heterocycles. The van der Waals surface area contributed by atoms with Crippen LogP contribution in [0.3, 0.4) is 0 Å². The number of piperidine rings is 1. The number of primary amides is 1. The Morgan fingerprint density at radius 1 is 1.47 bits per heavy atom. The van der Waals surface area contributed by atoms with Crippen LogP contribution < -0.4 is 5.73 Å². The van der Waals surface area contributed by atoms with Crippen LogP contribution in [0.4, 0.5) is 0 Å². The number of nitrogens with two attached hydrogens (primary N) is 1. The van der Waals surface area contributed by atoms with Gasteiger partial charge in [0.2, 0.25) is 0 Å². The number of carbonyl (C=O) groups excluding carboxylic acids is 2. The lowest BCUT2D eigenvalue weighted by Crippen LogP contribution is -2.42. The van der Waals surface area contributed by atoms with Crippen molar-refractivity contribution in [1.29, 1.82) is 0 Å². The first-order valence-corrected chi connectivity index (χ1v) is 6.30. The predicted molar refractivity (Wildman–Crippen MR) is 70.2 cm³/mol. The summed E-state index contributed by atoms with van der Waals surface area (Å²) < 4.78 is 1.68. The number of aromatic nitrogens is 2. The van der Waals surface area contributed by atoms with Gasteiger partial charge in [0.1, 0.15) is 11.9 Å². The minimum absolute atomic E-state index is 0.0891. The van der Waals surface area contributed by atoms with Crippen LogP contribution in [0, 0.1) is 0 Å². The third kappa shape index (κ3) is 2.52. The molecule has 0 spiro atoms. The fourth-order valence-corrected chi connectivity index (χ4v) is 2.42. The number of rotatable bonds is 3. The molecule has 6 nitrogen and oxygen atoms in total. The van der Waals surface area contributed by atoms with Crippen LogP contribution in [0.1, 0.15) is 42.8 Å². The van der Waals surface area contributed by atoms with E-state index in [0.29, 0.717) is 17.8 Å². The molecule has 1 aliphatic rings. The van der Waals surface area contributed by atoms with Gasteiger partial charge < -0.3 is 15.2 Å². The van der Waals surface area contributed by atoms with Gasteiger partial charge in [-0.05, 0) is 26.2 Å². The molecule has 1 aliphatic heterocycles. The molecular formula is C13H18N4O2. The number of hydrogen-bond acceptors (Lipinski definition) is 3. The van der Waals surface area contributed by atoms with Crippen molar-refractivity contribution in [3.63, 3.8) is 0 Å². The lowest BCUT2D eigenvalue weighted by atomic mass is 10.1. The molecule has 2 N–H and O–H groups in total. The van der Waals surface area contributed by atoms with Gasteiger partial charge in [-0.25, -0.2) is 4.98 Å². The predicted octanol–water partition coefficient (Wildman–Crippen LogP) is 1.07. The number of carbonyl (C=O) groups is 2. The molecule has 0 aliphatic carbocycles. The molecule has 1 saturated heterocycles. The van der Waals surface area contributed by atoms with E-state index in [-0.39, 0.29) is 12.1 Å². The van der Waals surface area contributed by atoms with Crippen LogP contribution in [0.2, 0.25) is 0 Å². The van der Waals surface area contributed by atoms with Crippen molar-refractivity contribution in [3.8, 4) is 0 Å². The van der Waals surface area contributed by atoms with Crippen molar-refractivity contribution in [3.05, 3.63) is 30.4 Å². The van der Waals surface area contributed by atoms with Crippen LogP contribution >= 0.6 is 0 Å². The number of imidazole rings is 1. The minimum atomic E-state index is -0.536. The average molecular weight is 262 g/mol. The molecule has 0 saturated carbocycles. The Balaban J connectivity index is 2.34. The number of hydrogen-bond donors (Lipinski definition) is 1. The van der Waals surface area contributed by atoms with Crippen LogP contribution in [-0.2, 0) is 4.79 Å². The highest BCUT2D eigenvalue weighted by Crippen LogP contribution is 2.28. The lowest BCUT2D eigenvalue weighted by molar-refractivity contribution is -0.132. The van der Waals surface area contributed by atoms with E-state index in [1.165, 1.54) is 6.20 Å². The maximum absolute atomic E-state index is 12.2. The lowest BCUT2D eigenvalue weighted by Gasteiger charge is -2.37. The molecule has 0 aromatic carbocycles. The summed E-state index contributed by atoms with van der Waals surface area (Å²) in [5, 5.41) is 0. The summed E-state index contributed by atoms with van der Waals surface area (Å²) in [6.07, 6.45) is 5.52. The minimum Gasteiger partial charge on any atom is -0.364 e. The number of nitrogens with zero attached hydrogens (tertiary/aromatic N) is 3. The molecule has 2 heterocycles. The Hall–Kier alpha value is -2.11. The van der Waals surface area contributed by atoms with Gasteiger partial charge in [-0.1, -0.05) is 6.58 Å². The van der Waals surface area contributed by atoms with E-state index < -0.39 is 5.91 Å². The Bertz CT molecular complexity index is 520. The summed E-state index contributed by atoms with van der Waals surface area (Å²) in [4.78, 5) is 29.2. The molecular weight excluding hydrogens is 244 g/mol. The molecule has 1 fully saturated rings. The summed E-state index contributed by atoms with van der Waals surface area (Å²) in [5.41, 5.74) is 6.14. The SMILES string of the molecule is C=C(C)C(=O)N1CCCCC1n1cncc1C(N)=O. The zero-order valence-electron chi connectivity index (χ0n) is 11.0. The van der Waals surface area contributed by atoms with Crippen molar-refractivity contribution in [2.75, 3.05) is 6.54 Å². The highest BCUT2D eigenvalue weighted by molar-refractivity contribution is 5.93. The first kappa shape index (κ1) is 13.3. The number of likely N-dealkylation sites (tertiary alicyclic amines) is 1. The summed E-state index contributed by atoms with van der Waals surface area (Å²) in [5.74, 6) is -0.625. The van der Waals surface area contributed by atoms with Crippen LogP contribution in [0.5, 0.6) is 0 Å². The fourth-order valence-electron chi connectivity index (χ4n) is 2.42. The maximum atomic E-state index is 12.2. The summed E-state index contributed by atoms with van der Waals surface area (Å²) in [6, 6.07) is 0. The smallest absolute Gasteiger partial charge is 0.267 e. The van der Waals surface area contributed by atoms with Crippen LogP contribution in [-0.4, -0.2) is 32.8 Å². The molecule has 0 radical (unpaired) electrons. The second kappa shape index (κ2) is 5.26. The van der Waals surface area contributed by atoms with Crippen LogP contribution in [0.15, 0.2) is 24.7 Å². The molecule has 0 bridgehead atoms. The standard InChI is InChI=1S/C13H18N4O2/c1-9(2)13(19)16-6-4-3-5-11(16)17-8-15-7-10(17)12(14)18/h7-8,11H,1,3-6H2,2H3,(H2,14,18). The summed E-state index contributed by atoms with van der Waals surface area (Å²) in [6.45, 7) is 6.05. The molecule has 102 valence electrons. The molecule has 6 heteroatoms. The van der Waals surface area contributed by atoms with Gasteiger partial charge in [-0.3, -0.25) is 9.59 Å². The van der Waals surface area contributed by atoms with E-state index in [2.05, 4.69) is 11.6 Å². The Morgan fingerprint density at radius 3 is 2.84 bits per heavy atom. The van der Waals surface area contributed by atoms with Crippen molar-refractivity contribution >= 4 is 11.8 Å². The van der Waals surface area contributed by atoms with Crippen molar-refractivity contribution in [2.24, 2.45) is 5.73 Å². The molecule has 1 aromatic rings. The monoisotopic (exact) mass is 262 g/mol. The van der Waals surface area contributed by atoms with Crippen molar-refractivity contribution in [1.82, 2.24) is 14.5 Å². The van der Waals surface area contributed by atoms with Crippen molar-refractivity contribution in [2.45, 2.75) is 32.4 Å². The summed E-state index contributed by atoms with van der Waals surface area (Å²) >= 11 is 0. The Morgan fingerprint density at radius 2 is 2.21 bits per heavy atom. The van der Waals surface area contributed by atoms with E-state index in [9.17, 15) is 9.59 Å². The quantitative estimate of drug-likeness (QED) is 0.827. The third-order valence-corrected chi connectivity index (χ3v) is 3.34. The van der Waals surface area contributed by atoms with Gasteiger partial charge in [0, 0.05) is 12.1 Å². The van der Waals surface area contributed by atoms with Gasteiger partial charge in [0.05, 0.1) is 12.5 Å². The highest BCUT2D eigenvalue weighted by atomic mass is 16.2. The van der Waals surface area contributed by atoms with Gasteiger partial charge in [0.15, 0.2) is 0 Å². The van der Waals surface area contributed by atoms with E-state index in [4.69, 9.17) is 5.73 Å². The van der Waals surface area contributed by atoms with Gasteiger partial charge >= 0.3 is 0 Å². The topological polar surface area (TPSA) is 81.2 Å². The van der Waals surface area contributed by atoms with E-state index >= 15 is 0 Å². The number of amides is 2. The Kier molecular flexibility index (Phi) is 3.69. The van der Waals surface area contributed by atoms with E-state index in [0.717, 1.165) is 19.3 Å². The van der Waals surface area contributed by atoms with Gasteiger partial charge in [0.25, 0.3) is 11.8 Å². The molecule has 2 rings (SSSR count). The van der Waals surface area contributed by atoms with E-state index in [1.807, 2.05) is 0 Å².